The standard InChI is InChI=1S/C15H18N2O2S/c18-14(16-9-8-15-17-10-12-20-15)7-4-11-19-13-5-2-1-3-6-13/h1-3,5-6,10,12H,4,7-9,11H2,(H,16,18). The maximum Gasteiger partial charge on any atom is 0.220 e. The van der Waals surface area contributed by atoms with Crippen LogP contribution >= 0.6 is 11.3 Å². The second-order valence-electron chi connectivity index (χ2n) is 4.29. The van der Waals surface area contributed by atoms with Crippen LogP contribution in [0.1, 0.15) is 17.8 Å². The predicted octanol–water partition coefficient (Wildman–Crippen LogP) is 2.66. The molecule has 20 heavy (non-hydrogen) atoms. The predicted molar refractivity (Wildman–Crippen MR) is 80.0 cm³/mol. The molecule has 5 heteroatoms. The summed E-state index contributed by atoms with van der Waals surface area (Å²) >= 11 is 1.61. The molecule has 0 saturated carbocycles. The van der Waals surface area contributed by atoms with Crippen molar-refractivity contribution in [3.8, 4) is 5.75 Å². The molecular weight excluding hydrogens is 272 g/mol. The highest BCUT2D eigenvalue weighted by Crippen LogP contribution is 2.08. The van der Waals surface area contributed by atoms with Crippen LogP contribution in [-0.2, 0) is 11.2 Å². The van der Waals surface area contributed by atoms with Gasteiger partial charge in [-0.3, -0.25) is 4.79 Å². The average Bonchev–Trinajstić information content (AvgIpc) is 2.98. The number of nitrogens with one attached hydrogen (secondary N) is 1. The lowest BCUT2D eigenvalue weighted by atomic mass is 10.3. The molecule has 1 amide bonds. The monoisotopic (exact) mass is 290 g/mol. The molecule has 4 nitrogen and oxygen atoms in total. The fourth-order valence-electron chi connectivity index (χ4n) is 1.71. The highest BCUT2D eigenvalue weighted by atomic mass is 32.1. The summed E-state index contributed by atoms with van der Waals surface area (Å²) in [5.74, 6) is 0.912. The van der Waals surface area contributed by atoms with Gasteiger partial charge in [0.1, 0.15) is 5.75 Å². The van der Waals surface area contributed by atoms with Gasteiger partial charge in [-0.05, 0) is 18.6 Å². The molecule has 2 aromatic rings. The summed E-state index contributed by atoms with van der Waals surface area (Å²) in [6.07, 6.45) is 3.79. The summed E-state index contributed by atoms with van der Waals surface area (Å²) in [7, 11) is 0. The van der Waals surface area contributed by atoms with Crippen molar-refractivity contribution in [2.75, 3.05) is 13.2 Å². The Morgan fingerprint density at radius 1 is 1.30 bits per heavy atom. The summed E-state index contributed by atoms with van der Waals surface area (Å²) in [6.45, 7) is 1.20. The molecule has 106 valence electrons. The molecular formula is C15H18N2O2S. The van der Waals surface area contributed by atoms with E-state index in [0.29, 0.717) is 19.6 Å². The van der Waals surface area contributed by atoms with Gasteiger partial charge in [-0.15, -0.1) is 11.3 Å². The maximum absolute atomic E-state index is 11.6. The van der Waals surface area contributed by atoms with Gasteiger partial charge in [-0.1, -0.05) is 18.2 Å². The van der Waals surface area contributed by atoms with E-state index in [-0.39, 0.29) is 5.91 Å². The highest BCUT2D eigenvalue weighted by Gasteiger charge is 2.02. The van der Waals surface area contributed by atoms with Gasteiger partial charge in [0.15, 0.2) is 0 Å². The topological polar surface area (TPSA) is 51.2 Å². The lowest BCUT2D eigenvalue weighted by Crippen LogP contribution is -2.25. The number of hydrogen-bond donors (Lipinski definition) is 1. The van der Waals surface area contributed by atoms with E-state index in [2.05, 4.69) is 10.3 Å². The van der Waals surface area contributed by atoms with Gasteiger partial charge in [0, 0.05) is 31.0 Å². The van der Waals surface area contributed by atoms with Crippen molar-refractivity contribution in [2.45, 2.75) is 19.3 Å². The third-order valence-electron chi connectivity index (χ3n) is 2.70. The molecule has 0 unspecified atom stereocenters. The van der Waals surface area contributed by atoms with E-state index in [1.54, 1.807) is 17.5 Å². The molecule has 0 aliphatic rings. The minimum atomic E-state index is 0.0678. The quantitative estimate of drug-likeness (QED) is 0.760. The van der Waals surface area contributed by atoms with E-state index in [0.717, 1.165) is 23.6 Å². The SMILES string of the molecule is O=C(CCCOc1ccccc1)NCCc1nccs1. The molecule has 0 saturated heterocycles. The lowest BCUT2D eigenvalue weighted by molar-refractivity contribution is -0.121. The zero-order valence-electron chi connectivity index (χ0n) is 11.2. The number of para-hydroxylation sites is 1. The summed E-state index contributed by atoms with van der Waals surface area (Å²) in [4.78, 5) is 15.8. The van der Waals surface area contributed by atoms with Gasteiger partial charge in [-0.2, -0.15) is 0 Å². The minimum Gasteiger partial charge on any atom is -0.494 e. The number of rotatable bonds is 8. The first-order chi connectivity index (χ1) is 9.84. The summed E-state index contributed by atoms with van der Waals surface area (Å²) in [6, 6.07) is 9.63. The van der Waals surface area contributed by atoms with E-state index in [1.165, 1.54) is 0 Å². The van der Waals surface area contributed by atoms with E-state index >= 15 is 0 Å². The van der Waals surface area contributed by atoms with E-state index in [1.807, 2.05) is 35.7 Å². The number of benzene rings is 1. The molecule has 0 bridgehead atoms. The Bertz CT molecular complexity index is 500. The highest BCUT2D eigenvalue weighted by molar-refractivity contribution is 7.09. The molecule has 0 radical (unpaired) electrons. The Balaban J connectivity index is 1.52. The molecule has 0 aliphatic carbocycles. The van der Waals surface area contributed by atoms with E-state index < -0.39 is 0 Å². The zero-order valence-corrected chi connectivity index (χ0v) is 12.1. The third kappa shape index (κ3) is 5.40. The van der Waals surface area contributed by atoms with Crippen LogP contribution in [0, 0.1) is 0 Å². The number of carbonyl (C=O) groups excluding carboxylic acids is 1. The van der Waals surface area contributed by atoms with Crippen LogP contribution in [0.5, 0.6) is 5.75 Å². The second kappa shape index (κ2) is 8.32. The van der Waals surface area contributed by atoms with Crippen LogP contribution < -0.4 is 10.1 Å². The molecule has 2 rings (SSSR count). The van der Waals surface area contributed by atoms with Gasteiger partial charge in [0.25, 0.3) is 0 Å². The van der Waals surface area contributed by atoms with Crippen molar-refractivity contribution in [3.05, 3.63) is 46.9 Å². The van der Waals surface area contributed by atoms with Crippen LogP contribution in [0.2, 0.25) is 0 Å². The first-order valence-corrected chi connectivity index (χ1v) is 7.55. The van der Waals surface area contributed by atoms with Crippen molar-refractivity contribution in [2.24, 2.45) is 0 Å². The van der Waals surface area contributed by atoms with Crippen molar-refractivity contribution >= 4 is 17.2 Å². The Morgan fingerprint density at radius 3 is 2.90 bits per heavy atom. The number of thiazole rings is 1. The molecule has 0 spiro atoms. The molecule has 0 atom stereocenters. The first kappa shape index (κ1) is 14.5. The fraction of sp³-hybridized carbons (Fsp3) is 0.333. The van der Waals surface area contributed by atoms with Gasteiger partial charge >= 0.3 is 0 Å². The van der Waals surface area contributed by atoms with E-state index in [9.17, 15) is 4.79 Å². The number of amides is 1. The van der Waals surface area contributed by atoms with Crippen LogP contribution in [0.4, 0.5) is 0 Å². The van der Waals surface area contributed by atoms with Crippen LogP contribution in [-0.4, -0.2) is 24.0 Å². The van der Waals surface area contributed by atoms with Crippen molar-refractivity contribution in [1.82, 2.24) is 10.3 Å². The third-order valence-corrected chi connectivity index (χ3v) is 3.54. The Morgan fingerprint density at radius 2 is 2.15 bits per heavy atom. The zero-order chi connectivity index (χ0) is 14.0. The van der Waals surface area contributed by atoms with Crippen molar-refractivity contribution in [3.63, 3.8) is 0 Å². The molecule has 1 aromatic carbocycles. The maximum atomic E-state index is 11.6. The average molecular weight is 290 g/mol. The Kier molecular flexibility index (Phi) is 6.05. The van der Waals surface area contributed by atoms with Gasteiger partial charge in [0.05, 0.1) is 11.6 Å². The lowest BCUT2D eigenvalue weighted by Gasteiger charge is -2.06. The summed E-state index contributed by atoms with van der Waals surface area (Å²) in [5, 5.41) is 5.89. The first-order valence-electron chi connectivity index (χ1n) is 6.67. The summed E-state index contributed by atoms with van der Waals surface area (Å²) in [5.41, 5.74) is 0. The van der Waals surface area contributed by atoms with Crippen LogP contribution in [0.3, 0.4) is 0 Å². The number of ether oxygens (including phenoxy) is 1. The smallest absolute Gasteiger partial charge is 0.220 e. The van der Waals surface area contributed by atoms with E-state index in [4.69, 9.17) is 4.74 Å². The van der Waals surface area contributed by atoms with Gasteiger partial charge in [0.2, 0.25) is 5.91 Å². The second-order valence-corrected chi connectivity index (χ2v) is 5.27. The number of hydrogen-bond acceptors (Lipinski definition) is 4. The van der Waals surface area contributed by atoms with Gasteiger partial charge in [-0.25, -0.2) is 4.98 Å². The molecule has 1 heterocycles. The largest absolute Gasteiger partial charge is 0.494 e. The minimum absolute atomic E-state index is 0.0678. The fourth-order valence-corrected chi connectivity index (χ4v) is 2.33. The van der Waals surface area contributed by atoms with Crippen LogP contribution in [0.25, 0.3) is 0 Å². The van der Waals surface area contributed by atoms with Crippen molar-refractivity contribution in [1.29, 1.82) is 0 Å². The van der Waals surface area contributed by atoms with Crippen LogP contribution in [0.15, 0.2) is 41.9 Å². The molecule has 0 aliphatic heterocycles. The summed E-state index contributed by atoms with van der Waals surface area (Å²) < 4.78 is 5.53. The normalized spacial score (nSPS) is 10.2. The molecule has 1 N–H and O–H groups in total. The molecule has 0 fully saturated rings. The Hall–Kier alpha value is -1.88. The number of aromatic nitrogens is 1. The van der Waals surface area contributed by atoms with Gasteiger partial charge < -0.3 is 10.1 Å². The molecule has 1 aromatic heterocycles. The van der Waals surface area contributed by atoms with Crippen molar-refractivity contribution < 1.29 is 9.53 Å². The Labute approximate surface area is 122 Å². The number of carbonyl (C=O) groups is 1. The number of nitrogens with zero attached hydrogens (tertiary/aromatic N) is 1.